The summed E-state index contributed by atoms with van der Waals surface area (Å²) in [7, 11) is 1.36. The van der Waals surface area contributed by atoms with Crippen LogP contribution in [0, 0.1) is 13.8 Å². The number of unbranched alkanes of at least 4 members (excludes halogenated alkanes) is 1. The number of likely N-dealkylation sites (tertiary alicyclic amines) is 1. The molecule has 1 unspecified atom stereocenters. The van der Waals surface area contributed by atoms with Crippen molar-refractivity contribution in [3.05, 3.63) is 49.9 Å². The number of nitrogens with zero attached hydrogens (tertiary/aromatic N) is 3. The lowest BCUT2D eigenvalue weighted by Crippen LogP contribution is -2.52. The van der Waals surface area contributed by atoms with E-state index in [2.05, 4.69) is 34.4 Å². The number of amides is 3. The van der Waals surface area contributed by atoms with Gasteiger partial charge in [0.1, 0.15) is 10.0 Å². The Morgan fingerprint density at radius 3 is 2.60 bits per heavy atom. The first-order chi connectivity index (χ1) is 19.1. The van der Waals surface area contributed by atoms with Gasteiger partial charge in [-0.3, -0.25) is 4.79 Å². The lowest BCUT2D eigenvalue weighted by atomic mass is 10.0. The normalized spacial score (nSPS) is 14.9. The van der Waals surface area contributed by atoms with Gasteiger partial charge in [-0.1, -0.05) is 24.9 Å². The Kier molecular flexibility index (Phi) is 12.2. The second-order valence-electron chi connectivity index (χ2n) is 10.3. The Morgan fingerprint density at radius 1 is 1.23 bits per heavy atom. The number of thiophene rings is 1. The molecule has 0 radical (unpaired) electrons. The summed E-state index contributed by atoms with van der Waals surface area (Å²) in [6.45, 7) is 11.5. The van der Waals surface area contributed by atoms with Crippen LogP contribution in [0.3, 0.4) is 0 Å². The van der Waals surface area contributed by atoms with E-state index >= 15 is 0 Å². The van der Waals surface area contributed by atoms with Gasteiger partial charge in [0.05, 0.1) is 24.9 Å². The van der Waals surface area contributed by atoms with E-state index in [9.17, 15) is 14.4 Å². The Bertz CT molecular complexity index is 1140. The van der Waals surface area contributed by atoms with Gasteiger partial charge in [0, 0.05) is 43.1 Å². The van der Waals surface area contributed by atoms with Crippen LogP contribution in [0.5, 0.6) is 0 Å². The van der Waals surface area contributed by atoms with Crippen molar-refractivity contribution in [2.24, 2.45) is 0 Å². The molecule has 1 aliphatic heterocycles. The highest BCUT2D eigenvalue weighted by atomic mass is 35.5. The molecule has 1 fully saturated rings. The number of hydrogen-bond donors (Lipinski definition) is 2. The molecule has 2 N–H and O–H groups in total. The summed E-state index contributed by atoms with van der Waals surface area (Å²) in [5.74, 6) is -0.480. The fourth-order valence-electron chi connectivity index (χ4n) is 5.16. The number of piperidine rings is 1. The number of urea groups is 1. The van der Waals surface area contributed by atoms with Crippen molar-refractivity contribution in [1.82, 2.24) is 25.4 Å². The third-order valence-electron chi connectivity index (χ3n) is 7.48. The summed E-state index contributed by atoms with van der Waals surface area (Å²) >= 11 is 7.34. The topological polar surface area (TPSA) is 104 Å². The minimum Gasteiger partial charge on any atom is -0.465 e. The third-order valence-corrected chi connectivity index (χ3v) is 8.74. The zero-order valence-corrected chi connectivity index (χ0v) is 25.8. The molecule has 0 aromatic carbocycles. The second-order valence-corrected chi connectivity index (χ2v) is 11.9. The fourth-order valence-corrected chi connectivity index (χ4v) is 6.31. The summed E-state index contributed by atoms with van der Waals surface area (Å²) in [6.07, 6.45) is 4.63. The highest BCUT2D eigenvalue weighted by Crippen LogP contribution is 2.22. The number of carbonyl (C=O) groups is 3. The average molecular weight is 592 g/mol. The number of aromatic nitrogens is 1. The van der Waals surface area contributed by atoms with E-state index in [0.29, 0.717) is 40.4 Å². The minimum absolute atomic E-state index is 0.0574. The van der Waals surface area contributed by atoms with Crippen molar-refractivity contribution in [2.75, 3.05) is 33.3 Å². The molecule has 1 saturated heterocycles. The van der Waals surface area contributed by atoms with Crippen molar-refractivity contribution >= 4 is 40.8 Å². The molecule has 3 rings (SSSR count). The second kappa shape index (κ2) is 15.3. The minimum atomic E-state index is -0.362. The van der Waals surface area contributed by atoms with Crippen molar-refractivity contribution in [2.45, 2.75) is 78.4 Å². The molecule has 0 bridgehead atoms. The molecular formula is C29H42ClN5O4S. The number of pyridine rings is 1. The van der Waals surface area contributed by atoms with Gasteiger partial charge >= 0.3 is 12.0 Å². The molecule has 9 nitrogen and oxygen atoms in total. The predicted molar refractivity (Wildman–Crippen MR) is 159 cm³/mol. The van der Waals surface area contributed by atoms with Gasteiger partial charge in [-0.25, -0.2) is 14.6 Å². The molecule has 3 amide bonds. The molecular weight excluding hydrogens is 550 g/mol. The summed E-state index contributed by atoms with van der Waals surface area (Å²) < 4.78 is 4.77. The first-order valence-corrected chi connectivity index (χ1v) is 15.2. The van der Waals surface area contributed by atoms with Crippen LogP contribution in [0.25, 0.3) is 0 Å². The van der Waals surface area contributed by atoms with Crippen LogP contribution in [0.2, 0.25) is 5.15 Å². The summed E-state index contributed by atoms with van der Waals surface area (Å²) in [6, 6.07) is 5.73. The summed E-state index contributed by atoms with van der Waals surface area (Å²) in [4.78, 5) is 47.7. The van der Waals surface area contributed by atoms with Crippen LogP contribution in [0.1, 0.15) is 82.1 Å². The van der Waals surface area contributed by atoms with Gasteiger partial charge < -0.3 is 25.2 Å². The molecule has 11 heteroatoms. The Labute approximate surface area is 246 Å². The molecule has 1 aliphatic rings. The average Bonchev–Trinajstić information content (AvgIpc) is 3.40. The monoisotopic (exact) mass is 591 g/mol. The Hall–Kier alpha value is -2.69. The highest BCUT2D eigenvalue weighted by molar-refractivity contribution is 7.13. The van der Waals surface area contributed by atoms with Crippen LogP contribution < -0.4 is 10.6 Å². The number of methoxy groups -OCH3 is 1. The highest BCUT2D eigenvalue weighted by Gasteiger charge is 2.29. The molecule has 2 aromatic rings. The van der Waals surface area contributed by atoms with E-state index in [-0.39, 0.29) is 23.9 Å². The summed E-state index contributed by atoms with van der Waals surface area (Å²) in [5, 5.41) is 6.49. The van der Waals surface area contributed by atoms with Gasteiger partial charge in [0.15, 0.2) is 0 Å². The van der Waals surface area contributed by atoms with E-state index in [1.165, 1.54) is 18.4 Å². The fraction of sp³-hybridized carbons (Fsp3) is 0.586. The predicted octanol–water partition coefficient (Wildman–Crippen LogP) is 5.18. The van der Waals surface area contributed by atoms with E-state index in [1.54, 1.807) is 19.1 Å². The van der Waals surface area contributed by atoms with Crippen molar-refractivity contribution in [3.8, 4) is 0 Å². The van der Waals surface area contributed by atoms with Crippen LogP contribution in [-0.4, -0.2) is 78.1 Å². The van der Waals surface area contributed by atoms with Crippen LogP contribution in [0.4, 0.5) is 4.79 Å². The van der Waals surface area contributed by atoms with Crippen molar-refractivity contribution < 1.29 is 19.1 Å². The Morgan fingerprint density at radius 2 is 1.95 bits per heavy atom. The van der Waals surface area contributed by atoms with Crippen LogP contribution in [0.15, 0.2) is 18.2 Å². The largest absolute Gasteiger partial charge is 0.465 e. The number of hydrogen-bond acceptors (Lipinski definition) is 7. The SMILES string of the molecule is CCCCN(C(=O)NCc1ccc(C(=O)OC)s1)C1CCN(C(C)CCNC(=O)c2c(C)cc(Cl)nc2C)CC1. The number of carbonyl (C=O) groups excluding carboxylic acids is 3. The smallest absolute Gasteiger partial charge is 0.348 e. The first kappa shape index (κ1) is 31.8. The number of halogens is 1. The molecule has 40 heavy (non-hydrogen) atoms. The zero-order chi connectivity index (χ0) is 29.2. The number of esters is 1. The van der Waals surface area contributed by atoms with Gasteiger partial charge in [-0.2, -0.15) is 0 Å². The zero-order valence-electron chi connectivity index (χ0n) is 24.2. The summed E-state index contributed by atoms with van der Waals surface area (Å²) in [5.41, 5.74) is 2.05. The quantitative estimate of drug-likeness (QED) is 0.260. The van der Waals surface area contributed by atoms with Gasteiger partial charge in [-0.05, 0) is 70.2 Å². The van der Waals surface area contributed by atoms with Gasteiger partial charge in [0.25, 0.3) is 5.91 Å². The van der Waals surface area contributed by atoms with E-state index < -0.39 is 0 Å². The molecule has 0 aliphatic carbocycles. The Balaban J connectivity index is 1.47. The maximum Gasteiger partial charge on any atom is 0.348 e. The molecule has 3 heterocycles. The maximum absolute atomic E-state index is 13.2. The number of ether oxygens (including phenoxy) is 1. The standard InChI is InChI=1S/C29H42ClN5O4S/c1-6-7-14-35(29(38)32-18-23-8-9-24(40-23)28(37)39-5)22-11-15-34(16-12-22)20(3)10-13-31-27(36)26-19(2)17-25(30)33-21(26)4/h8-9,17,20,22H,6-7,10-16,18H2,1-5H3,(H,31,36)(H,32,38). The molecule has 0 saturated carbocycles. The van der Waals surface area contributed by atoms with E-state index in [0.717, 1.165) is 62.2 Å². The molecule has 1 atom stereocenters. The lowest BCUT2D eigenvalue weighted by Gasteiger charge is -2.40. The van der Waals surface area contributed by atoms with Crippen LogP contribution >= 0.6 is 22.9 Å². The molecule has 2 aromatic heterocycles. The van der Waals surface area contributed by atoms with E-state index in [1.807, 2.05) is 17.9 Å². The van der Waals surface area contributed by atoms with Crippen LogP contribution in [-0.2, 0) is 11.3 Å². The van der Waals surface area contributed by atoms with E-state index in [4.69, 9.17) is 16.3 Å². The molecule has 0 spiro atoms. The van der Waals surface area contributed by atoms with Gasteiger partial charge in [0.2, 0.25) is 0 Å². The molecule has 220 valence electrons. The maximum atomic E-state index is 13.2. The number of rotatable bonds is 12. The lowest BCUT2D eigenvalue weighted by molar-refractivity contribution is 0.0606. The number of aryl methyl sites for hydroxylation is 2. The first-order valence-electron chi connectivity index (χ1n) is 14.0. The van der Waals surface area contributed by atoms with Gasteiger partial charge in [-0.15, -0.1) is 11.3 Å². The third kappa shape index (κ3) is 8.65. The van der Waals surface area contributed by atoms with Crippen molar-refractivity contribution in [1.29, 1.82) is 0 Å². The number of nitrogens with one attached hydrogen (secondary N) is 2. The van der Waals surface area contributed by atoms with Crippen molar-refractivity contribution in [3.63, 3.8) is 0 Å².